The van der Waals surface area contributed by atoms with Gasteiger partial charge in [0, 0.05) is 5.56 Å². The summed E-state index contributed by atoms with van der Waals surface area (Å²) in [7, 11) is 0. The molecule has 0 spiro atoms. The van der Waals surface area contributed by atoms with Crippen molar-refractivity contribution in [2.75, 3.05) is 6.54 Å². The van der Waals surface area contributed by atoms with E-state index in [2.05, 4.69) is 4.99 Å². The molecular formula is C15H17NO3. The topological polar surface area (TPSA) is 55.7 Å². The number of aliphatic imine (C=N–C) groups is 1. The van der Waals surface area contributed by atoms with Gasteiger partial charge in [-0.15, -0.1) is 0 Å². The number of hydrogen-bond acceptors (Lipinski definition) is 4. The number of esters is 1. The molecule has 1 aromatic rings. The maximum Gasteiger partial charge on any atom is 0.357 e. The molecule has 4 nitrogen and oxygen atoms in total. The summed E-state index contributed by atoms with van der Waals surface area (Å²) in [6.45, 7) is -0.0238. The quantitative estimate of drug-likeness (QED) is 0.462. The van der Waals surface area contributed by atoms with Crippen LogP contribution in [-0.4, -0.2) is 30.6 Å². The van der Waals surface area contributed by atoms with Crippen LogP contribution in [0.15, 0.2) is 35.3 Å². The molecule has 0 heterocycles. The average molecular weight is 259 g/mol. The molecule has 4 heteroatoms. The van der Waals surface area contributed by atoms with Crippen LogP contribution in [0.3, 0.4) is 0 Å². The van der Waals surface area contributed by atoms with Crippen LogP contribution in [-0.2, 0) is 14.3 Å². The summed E-state index contributed by atoms with van der Waals surface area (Å²) in [5.74, 6) is -0.431. The highest BCUT2D eigenvalue weighted by Crippen LogP contribution is 2.21. The van der Waals surface area contributed by atoms with Crippen LogP contribution in [0.25, 0.3) is 0 Å². The molecule has 0 saturated heterocycles. The summed E-state index contributed by atoms with van der Waals surface area (Å²) in [4.78, 5) is 26.6. The van der Waals surface area contributed by atoms with Gasteiger partial charge in [0.15, 0.2) is 5.71 Å². The number of ether oxygens (including phenoxy) is 1. The van der Waals surface area contributed by atoms with E-state index < -0.39 is 5.97 Å². The molecule has 0 atom stereocenters. The van der Waals surface area contributed by atoms with Gasteiger partial charge < -0.3 is 9.53 Å². The molecule has 1 fully saturated rings. The fraction of sp³-hybridized carbons (Fsp3) is 0.400. The molecule has 0 amide bonds. The van der Waals surface area contributed by atoms with E-state index in [0.717, 1.165) is 25.7 Å². The summed E-state index contributed by atoms with van der Waals surface area (Å²) in [5, 5.41) is 0. The second kappa shape index (κ2) is 6.83. The molecule has 1 aromatic carbocycles. The average Bonchev–Trinajstić information content (AvgIpc) is 2.93. The standard InChI is InChI=1S/C15H17NO3/c17-11-10-16-14(12-6-2-1-3-7-12)15(18)19-13-8-4-5-9-13/h1-3,6-7,11,13H,4-5,8-10H2. The van der Waals surface area contributed by atoms with E-state index in [9.17, 15) is 9.59 Å². The molecule has 0 N–H and O–H groups in total. The Morgan fingerprint density at radius 1 is 1.26 bits per heavy atom. The minimum Gasteiger partial charge on any atom is -0.458 e. The monoisotopic (exact) mass is 259 g/mol. The number of carbonyl (C=O) groups excluding carboxylic acids is 2. The SMILES string of the molecule is O=CCN=C(C(=O)OC1CCCC1)c1ccccc1. The van der Waals surface area contributed by atoms with Gasteiger partial charge in [-0.3, -0.25) is 4.99 Å². The van der Waals surface area contributed by atoms with Crippen molar-refractivity contribution in [3.8, 4) is 0 Å². The minimum absolute atomic E-state index is 0.00218. The molecular weight excluding hydrogens is 242 g/mol. The predicted molar refractivity (Wildman–Crippen MR) is 72.3 cm³/mol. The lowest BCUT2D eigenvalue weighted by Gasteiger charge is -2.12. The molecule has 1 saturated carbocycles. The molecule has 19 heavy (non-hydrogen) atoms. The van der Waals surface area contributed by atoms with E-state index in [1.54, 1.807) is 12.1 Å². The Morgan fingerprint density at radius 2 is 1.95 bits per heavy atom. The lowest BCUT2D eigenvalue weighted by molar-refractivity contribution is -0.140. The van der Waals surface area contributed by atoms with E-state index in [-0.39, 0.29) is 18.4 Å². The van der Waals surface area contributed by atoms with Gasteiger partial charge in [-0.05, 0) is 25.7 Å². The summed E-state index contributed by atoms with van der Waals surface area (Å²) in [6, 6.07) is 9.10. The van der Waals surface area contributed by atoms with Crippen LogP contribution in [0.2, 0.25) is 0 Å². The van der Waals surface area contributed by atoms with Crippen molar-refractivity contribution in [3.63, 3.8) is 0 Å². The van der Waals surface area contributed by atoms with Gasteiger partial charge in [-0.1, -0.05) is 30.3 Å². The summed E-state index contributed by atoms with van der Waals surface area (Å²) in [5.41, 5.74) is 0.923. The highest BCUT2D eigenvalue weighted by atomic mass is 16.5. The Morgan fingerprint density at radius 3 is 2.58 bits per heavy atom. The molecule has 0 bridgehead atoms. The van der Waals surface area contributed by atoms with E-state index >= 15 is 0 Å². The zero-order valence-electron chi connectivity index (χ0n) is 10.7. The van der Waals surface area contributed by atoms with Crippen LogP contribution >= 0.6 is 0 Å². The van der Waals surface area contributed by atoms with E-state index in [4.69, 9.17) is 4.74 Å². The fourth-order valence-corrected chi connectivity index (χ4v) is 2.21. The summed E-state index contributed by atoms with van der Waals surface area (Å²) >= 11 is 0. The first kappa shape index (κ1) is 13.5. The Kier molecular flexibility index (Phi) is 4.84. The van der Waals surface area contributed by atoms with Gasteiger partial charge >= 0.3 is 5.97 Å². The lowest BCUT2D eigenvalue weighted by atomic mass is 10.1. The first-order valence-electron chi connectivity index (χ1n) is 6.55. The second-order valence-corrected chi connectivity index (χ2v) is 4.53. The number of aldehydes is 1. The van der Waals surface area contributed by atoms with E-state index in [1.165, 1.54) is 0 Å². The highest BCUT2D eigenvalue weighted by Gasteiger charge is 2.23. The summed E-state index contributed by atoms with van der Waals surface area (Å²) < 4.78 is 5.44. The zero-order chi connectivity index (χ0) is 13.5. The third-order valence-corrected chi connectivity index (χ3v) is 3.14. The van der Waals surface area contributed by atoms with Crippen LogP contribution < -0.4 is 0 Å². The smallest absolute Gasteiger partial charge is 0.357 e. The Balaban J connectivity index is 2.13. The largest absolute Gasteiger partial charge is 0.458 e. The summed E-state index contributed by atoms with van der Waals surface area (Å²) in [6.07, 6.45) is 4.71. The zero-order valence-corrected chi connectivity index (χ0v) is 10.7. The van der Waals surface area contributed by atoms with Gasteiger partial charge in [0.25, 0.3) is 0 Å². The molecule has 0 aliphatic heterocycles. The second-order valence-electron chi connectivity index (χ2n) is 4.53. The van der Waals surface area contributed by atoms with Crippen molar-refractivity contribution in [3.05, 3.63) is 35.9 Å². The van der Waals surface area contributed by atoms with E-state index in [1.807, 2.05) is 18.2 Å². The number of hydrogen-bond donors (Lipinski definition) is 0. The Labute approximate surface area is 112 Å². The molecule has 2 rings (SSSR count). The fourth-order valence-electron chi connectivity index (χ4n) is 2.21. The van der Waals surface area contributed by atoms with Crippen LogP contribution in [0.4, 0.5) is 0 Å². The molecule has 0 radical (unpaired) electrons. The first-order valence-corrected chi connectivity index (χ1v) is 6.55. The van der Waals surface area contributed by atoms with Crippen LogP contribution in [0, 0.1) is 0 Å². The van der Waals surface area contributed by atoms with Crippen molar-refractivity contribution in [2.45, 2.75) is 31.8 Å². The van der Waals surface area contributed by atoms with Gasteiger partial charge in [0.1, 0.15) is 12.4 Å². The van der Waals surface area contributed by atoms with Crippen molar-refractivity contribution >= 4 is 18.0 Å². The maximum atomic E-state index is 12.1. The molecule has 100 valence electrons. The predicted octanol–water partition coefficient (Wildman–Crippen LogP) is 2.16. The molecule has 0 aromatic heterocycles. The van der Waals surface area contributed by atoms with Crippen LogP contribution in [0.1, 0.15) is 31.2 Å². The third-order valence-electron chi connectivity index (χ3n) is 3.14. The van der Waals surface area contributed by atoms with Gasteiger partial charge in [-0.25, -0.2) is 4.79 Å². The van der Waals surface area contributed by atoms with Gasteiger partial charge in [0.2, 0.25) is 0 Å². The Hall–Kier alpha value is -1.97. The van der Waals surface area contributed by atoms with Crippen molar-refractivity contribution < 1.29 is 14.3 Å². The van der Waals surface area contributed by atoms with Crippen LogP contribution in [0.5, 0.6) is 0 Å². The first-order chi connectivity index (χ1) is 9.31. The van der Waals surface area contributed by atoms with E-state index in [0.29, 0.717) is 11.8 Å². The van der Waals surface area contributed by atoms with Gasteiger partial charge in [0.05, 0.1) is 6.54 Å². The number of carbonyl (C=O) groups is 2. The van der Waals surface area contributed by atoms with Gasteiger partial charge in [-0.2, -0.15) is 0 Å². The van der Waals surface area contributed by atoms with Crippen molar-refractivity contribution in [2.24, 2.45) is 4.99 Å². The van der Waals surface area contributed by atoms with Crippen molar-refractivity contribution in [1.82, 2.24) is 0 Å². The highest BCUT2D eigenvalue weighted by molar-refractivity contribution is 6.43. The van der Waals surface area contributed by atoms with Crippen molar-refractivity contribution in [1.29, 1.82) is 0 Å². The Bertz CT molecular complexity index is 462. The normalized spacial score (nSPS) is 16.3. The molecule has 1 aliphatic rings. The molecule has 1 aliphatic carbocycles. The molecule has 0 unspecified atom stereocenters. The number of rotatable bonds is 5. The number of benzene rings is 1. The lowest BCUT2D eigenvalue weighted by Crippen LogP contribution is -2.24. The minimum atomic E-state index is -0.431. The number of nitrogens with zero attached hydrogens (tertiary/aromatic N) is 1. The maximum absolute atomic E-state index is 12.1. The third kappa shape index (κ3) is 3.74.